The second-order valence-corrected chi connectivity index (χ2v) is 7.64. The van der Waals surface area contributed by atoms with Crippen LogP contribution in [0.2, 0.25) is 5.02 Å². The summed E-state index contributed by atoms with van der Waals surface area (Å²) in [6.45, 7) is 1.83. The lowest BCUT2D eigenvalue weighted by Crippen LogP contribution is -2.33. The normalized spacial score (nSPS) is 13.3. The fraction of sp³-hybridized carbons (Fsp3) is 0.231. The van der Waals surface area contributed by atoms with Gasteiger partial charge in [0, 0.05) is 10.9 Å². The van der Waals surface area contributed by atoms with Crippen LogP contribution in [0, 0.1) is 0 Å². The first-order valence-corrected chi connectivity index (χ1v) is 8.72. The van der Waals surface area contributed by atoms with Crippen LogP contribution in [-0.4, -0.2) is 14.5 Å². The van der Waals surface area contributed by atoms with Crippen LogP contribution in [0.5, 0.6) is 0 Å². The van der Waals surface area contributed by atoms with Crippen LogP contribution in [0.4, 0.5) is 5.69 Å². The summed E-state index contributed by atoms with van der Waals surface area (Å²) in [5.74, 6) is 0. The molecule has 2 aromatic rings. The number of hydrogen-bond acceptors (Lipinski definition) is 4. The van der Waals surface area contributed by atoms with Gasteiger partial charge >= 0.3 is 0 Å². The van der Waals surface area contributed by atoms with Crippen molar-refractivity contribution in [2.75, 3.05) is 5.73 Å². The van der Waals surface area contributed by atoms with Crippen molar-refractivity contribution in [3.63, 3.8) is 0 Å². The second kappa shape index (κ2) is 6.13. The Morgan fingerprint density at radius 2 is 2.15 bits per heavy atom. The molecule has 7 heteroatoms. The summed E-state index contributed by atoms with van der Waals surface area (Å²) in [5, 5.41) is 2.31. The molecule has 0 saturated heterocycles. The van der Waals surface area contributed by atoms with Crippen molar-refractivity contribution in [1.29, 1.82) is 0 Å². The van der Waals surface area contributed by atoms with Gasteiger partial charge in [-0.3, -0.25) is 0 Å². The maximum Gasteiger partial charge on any atom is 0.240 e. The van der Waals surface area contributed by atoms with Crippen LogP contribution in [0.25, 0.3) is 0 Å². The van der Waals surface area contributed by atoms with Gasteiger partial charge in [0.15, 0.2) is 0 Å². The molecule has 1 atom stereocenters. The number of nitrogen functional groups attached to an aromatic ring is 1. The van der Waals surface area contributed by atoms with E-state index in [-0.39, 0.29) is 16.6 Å². The van der Waals surface area contributed by atoms with Crippen molar-refractivity contribution in [3.05, 3.63) is 45.6 Å². The Hall–Kier alpha value is -1.08. The summed E-state index contributed by atoms with van der Waals surface area (Å²) in [4.78, 5) is 1.26. The Labute approximate surface area is 127 Å². The molecule has 1 aromatic carbocycles. The van der Waals surface area contributed by atoms with Gasteiger partial charge in [0.05, 0.1) is 15.6 Å². The van der Waals surface area contributed by atoms with Crippen molar-refractivity contribution < 1.29 is 8.42 Å². The lowest BCUT2D eigenvalue weighted by atomic mass is 10.2. The molecule has 0 saturated carbocycles. The van der Waals surface area contributed by atoms with E-state index in [1.54, 1.807) is 11.3 Å². The molecule has 0 bridgehead atoms. The highest BCUT2D eigenvalue weighted by molar-refractivity contribution is 7.89. The number of nitrogens with one attached hydrogen (secondary N) is 1. The van der Waals surface area contributed by atoms with Crippen LogP contribution >= 0.6 is 22.9 Å². The highest BCUT2D eigenvalue weighted by atomic mass is 35.5. The zero-order chi connectivity index (χ0) is 14.8. The maximum absolute atomic E-state index is 12.2. The van der Waals surface area contributed by atoms with Gasteiger partial charge in [-0.1, -0.05) is 17.7 Å². The topological polar surface area (TPSA) is 72.2 Å². The van der Waals surface area contributed by atoms with E-state index < -0.39 is 10.0 Å². The number of rotatable bonds is 5. The van der Waals surface area contributed by atoms with Gasteiger partial charge in [-0.25, -0.2) is 13.1 Å². The van der Waals surface area contributed by atoms with E-state index in [1.807, 2.05) is 24.4 Å². The molecule has 0 aliphatic rings. The van der Waals surface area contributed by atoms with Crippen molar-refractivity contribution in [3.8, 4) is 0 Å². The van der Waals surface area contributed by atoms with Crippen molar-refractivity contribution in [2.45, 2.75) is 24.3 Å². The van der Waals surface area contributed by atoms with Gasteiger partial charge in [0.2, 0.25) is 10.0 Å². The molecule has 0 amide bonds. The number of sulfonamides is 1. The summed E-state index contributed by atoms with van der Waals surface area (Å²) in [5.41, 5.74) is 5.89. The Kier molecular flexibility index (Phi) is 4.70. The van der Waals surface area contributed by atoms with Crippen molar-refractivity contribution in [1.82, 2.24) is 4.72 Å². The third-order valence-electron chi connectivity index (χ3n) is 2.72. The average molecular weight is 331 g/mol. The van der Waals surface area contributed by atoms with Gasteiger partial charge in [-0.05, 0) is 43.0 Å². The molecule has 108 valence electrons. The van der Waals surface area contributed by atoms with E-state index in [1.165, 1.54) is 18.2 Å². The SMILES string of the molecule is CC(Cc1cccs1)NS(=O)(=O)c1ccc(Cl)c(N)c1. The molecule has 0 aliphatic heterocycles. The fourth-order valence-corrected chi connectivity index (χ4v) is 4.03. The quantitative estimate of drug-likeness (QED) is 0.828. The van der Waals surface area contributed by atoms with Crippen LogP contribution in [-0.2, 0) is 16.4 Å². The molecule has 0 aliphatic carbocycles. The Morgan fingerprint density at radius 1 is 1.40 bits per heavy atom. The van der Waals surface area contributed by atoms with Gasteiger partial charge in [0.25, 0.3) is 0 Å². The highest BCUT2D eigenvalue weighted by Crippen LogP contribution is 2.22. The summed E-state index contributed by atoms with van der Waals surface area (Å²) >= 11 is 7.40. The number of halogens is 1. The summed E-state index contributed by atoms with van der Waals surface area (Å²) < 4.78 is 27.1. The first-order valence-electron chi connectivity index (χ1n) is 5.98. The zero-order valence-corrected chi connectivity index (χ0v) is 13.2. The molecule has 3 N–H and O–H groups in total. The summed E-state index contributed by atoms with van der Waals surface area (Å²) in [6, 6.07) is 8.02. The van der Waals surface area contributed by atoms with Crippen molar-refractivity contribution >= 4 is 38.6 Å². The number of hydrogen-bond donors (Lipinski definition) is 2. The molecule has 1 unspecified atom stereocenters. The number of thiophene rings is 1. The molecule has 0 fully saturated rings. The Morgan fingerprint density at radius 3 is 2.75 bits per heavy atom. The van der Waals surface area contributed by atoms with Crippen LogP contribution in [0.15, 0.2) is 40.6 Å². The van der Waals surface area contributed by atoms with E-state index in [0.29, 0.717) is 11.4 Å². The van der Waals surface area contributed by atoms with E-state index in [9.17, 15) is 8.42 Å². The summed E-state index contributed by atoms with van der Waals surface area (Å²) in [6.07, 6.45) is 0.653. The first-order chi connectivity index (χ1) is 9.38. The number of nitrogens with two attached hydrogens (primary N) is 1. The third-order valence-corrected chi connectivity index (χ3v) is 5.55. The number of anilines is 1. The molecule has 0 radical (unpaired) electrons. The van der Waals surface area contributed by atoms with E-state index >= 15 is 0 Å². The Bertz CT molecular complexity index is 684. The average Bonchev–Trinajstić information content (AvgIpc) is 2.84. The minimum atomic E-state index is -3.59. The van der Waals surface area contributed by atoms with E-state index in [0.717, 1.165) is 4.88 Å². The van der Waals surface area contributed by atoms with Gasteiger partial charge in [0.1, 0.15) is 0 Å². The standard InChI is InChI=1S/C13H15ClN2O2S2/c1-9(7-10-3-2-6-19-10)16-20(17,18)11-4-5-12(14)13(15)8-11/h2-6,8-9,16H,7,15H2,1H3. The molecule has 20 heavy (non-hydrogen) atoms. The van der Waals surface area contributed by atoms with Crippen LogP contribution in [0.3, 0.4) is 0 Å². The van der Waals surface area contributed by atoms with Crippen LogP contribution < -0.4 is 10.5 Å². The minimum absolute atomic E-state index is 0.123. The van der Waals surface area contributed by atoms with E-state index in [2.05, 4.69) is 4.72 Å². The summed E-state index contributed by atoms with van der Waals surface area (Å²) in [7, 11) is -3.59. The second-order valence-electron chi connectivity index (χ2n) is 4.49. The third kappa shape index (κ3) is 3.73. The zero-order valence-electron chi connectivity index (χ0n) is 10.8. The van der Waals surface area contributed by atoms with Gasteiger partial charge < -0.3 is 5.73 Å². The largest absolute Gasteiger partial charge is 0.397 e. The minimum Gasteiger partial charge on any atom is -0.397 e. The monoisotopic (exact) mass is 330 g/mol. The molecule has 1 heterocycles. The van der Waals surface area contributed by atoms with E-state index in [4.69, 9.17) is 17.3 Å². The lowest BCUT2D eigenvalue weighted by Gasteiger charge is -2.14. The smallest absolute Gasteiger partial charge is 0.240 e. The predicted molar refractivity (Wildman–Crippen MR) is 83.7 cm³/mol. The van der Waals surface area contributed by atoms with Gasteiger partial charge in [-0.15, -0.1) is 11.3 Å². The highest BCUT2D eigenvalue weighted by Gasteiger charge is 2.18. The Balaban J connectivity index is 2.12. The molecule has 1 aromatic heterocycles. The molecule has 4 nitrogen and oxygen atoms in total. The molecule has 0 spiro atoms. The fourth-order valence-electron chi connectivity index (χ4n) is 1.79. The molecule has 2 rings (SSSR count). The van der Waals surface area contributed by atoms with Crippen molar-refractivity contribution in [2.24, 2.45) is 0 Å². The lowest BCUT2D eigenvalue weighted by molar-refractivity contribution is 0.561. The van der Waals surface area contributed by atoms with Gasteiger partial charge in [-0.2, -0.15) is 0 Å². The molecular weight excluding hydrogens is 316 g/mol. The first kappa shape index (κ1) is 15.3. The number of benzene rings is 1. The predicted octanol–water partition coefficient (Wildman–Crippen LogP) is 2.89. The van der Waals surface area contributed by atoms with Crippen LogP contribution in [0.1, 0.15) is 11.8 Å². The maximum atomic E-state index is 12.2. The molecular formula is C13H15ClN2O2S2.